The Morgan fingerprint density at radius 3 is 2.86 bits per heavy atom. The second-order valence-electron chi connectivity index (χ2n) is 5.67. The first-order valence-electron chi connectivity index (χ1n) is 6.99. The van der Waals surface area contributed by atoms with Crippen molar-refractivity contribution in [1.82, 2.24) is 10.2 Å². The van der Waals surface area contributed by atoms with Crippen LogP contribution < -0.4 is 5.32 Å². The summed E-state index contributed by atoms with van der Waals surface area (Å²) in [5.41, 5.74) is -0.345. The van der Waals surface area contributed by atoms with Crippen molar-refractivity contribution < 1.29 is 14.1 Å². The average molecular weight is 293 g/mol. The largest absolute Gasteiger partial charge is 0.338 e. The number of carbonyl (C=O) groups is 1. The molecule has 1 amide bonds. The minimum absolute atomic E-state index is 0.0473. The molecule has 0 aromatic heterocycles. The zero-order chi connectivity index (χ0) is 15.0. The van der Waals surface area contributed by atoms with Gasteiger partial charge in [-0.05, 0) is 37.4 Å². The fourth-order valence-electron chi connectivity index (χ4n) is 3.20. The van der Waals surface area contributed by atoms with Gasteiger partial charge in [-0.1, -0.05) is 0 Å². The first-order chi connectivity index (χ1) is 10.0. The number of halogens is 1. The Bertz CT molecular complexity index is 593. The van der Waals surface area contributed by atoms with E-state index in [1.165, 1.54) is 0 Å². The van der Waals surface area contributed by atoms with Crippen molar-refractivity contribution in [3.63, 3.8) is 0 Å². The van der Waals surface area contributed by atoms with Crippen LogP contribution in [0.2, 0.25) is 0 Å². The van der Waals surface area contributed by atoms with E-state index < -0.39 is 16.4 Å². The van der Waals surface area contributed by atoms with Crippen LogP contribution in [0.15, 0.2) is 18.2 Å². The van der Waals surface area contributed by atoms with Crippen LogP contribution in [-0.4, -0.2) is 41.9 Å². The Balaban J connectivity index is 1.80. The summed E-state index contributed by atoms with van der Waals surface area (Å²) in [6, 6.07) is 3.03. The second-order valence-corrected chi connectivity index (χ2v) is 5.67. The number of nitro benzene ring substituents is 1. The van der Waals surface area contributed by atoms with Crippen molar-refractivity contribution in [2.75, 3.05) is 26.2 Å². The van der Waals surface area contributed by atoms with Gasteiger partial charge in [-0.25, -0.2) is 4.39 Å². The molecular weight excluding hydrogens is 277 g/mol. The van der Waals surface area contributed by atoms with E-state index in [1.807, 2.05) is 0 Å². The molecule has 1 aromatic carbocycles. The van der Waals surface area contributed by atoms with Gasteiger partial charge in [-0.15, -0.1) is 0 Å². The molecule has 1 aromatic rings. The molecule has 0 bridgehead atoms. The monoisotopic (exact) mass is 293 g/mol. The highest BCUT2D eigenvalue weighted by Crippen LogP contribution is 2.28. The fraction of sp³-hybridized carbons (Fsp3) is 0.500. The SMILES string of the molecule is O=C(c1cc(F)cc([N+](=O)[O-])c1)N1CCC2CNCC2C1. The molecule has 0 radical (unpaired) electrons. The van der Waals surface area contributed by atoms with E-state index in [0.717, 1.165) is 37.7 Å². The van der Waals surface area contributed by atoms with E-state index in [-0.39, 0.29) is 11.5 Å². The van der Waals surface area contributed by atoms with Gasteiger partial charge in [0, 0.05) is 24.7 Å². The Morgan fingerprint density at radius 2 is 2.10 bits per heavy atom. The summed E-state index contributed by atoms with van der Waals surface area (Å²) in [4.78, 5) is 24.2. The van der Waals surface area contributed by atoms with Gasteiger partial charge >= 0.3 is 0 Å². The number of hydrogen-bond acceptors (Lipinski definition) is 4. The summed E-state index contributed by atoms with van der Waals surface area (Å²) >= 11 is 0. The summed E-state index contributed by atoms with van der Waals surface area (Å²) in [6.45, 7) is 3.11. The molecule has 0 aliphatic carbocycles. The van der Waals surface area contributed by atoms with E-state index in [0.29, 0.717) is 24.9 Å². The van der Waals surface area contributed by atoms with Gasteiger partial charge in [0.25, 0.3) is 11.6 Å². The maximum absolute atomic E-state index is 13.4. The smallest absolute Gasteiger partial charge is 0.273 e. The molecule has 7 heteroatoms. The van der Waals surface area contributed by atoms with Crippen LogP contribution in [-0.2, 0) is 0 Å². The molecule has 2 atom stereocenters. The number of rotatable bonds is 2. The molecule has 2 saturated heterocycles. The van der Waals surface area contributed by atoms with E-state index >= 15 is 0 Å². The predicted molar refractivity (Wildman–Crippen MR) is 73.4 cm³/mol. The minimum Gasteiger partial charge on any atom is -0.338 e. The van der Waals surface area contributed by atoms with E-state index in [9.17, 15) is 19.3 Å². The molecule has 2 heterocycles. The fourth-order valence-corrected chi connectivity index (χ4v) is 3.20. The Labute approximate surface area is 121 Å². The standard InChI is InChI=1S/C14H16FN3O3/c15-12-3-10(4-13(5-12)18(20)21)14(19)17-2-1-9-6-16-7-11(9)8-17/h3-5,9,11,16H,1-2,6-8H2. The summed E-state index contributed by atoms with van der Waals surface area (Å²) < 4.78 is 13.4. The summed E-state index contributed by atoms with van der Waals surface area (Å²) in [6.07, 6.45) is 0.917. The number of nitrogens with one attached hydrogen (secondary N) is 1. The summed E-state index contributed by atoms with van der Waals surface area (Å²) in [7, 11) is 0. The molecule has 6 nitrogen and oxygen atoms in total. The molecule has 112 valence electrons. The maximum Gasteiger partial charge on any atom is 0.273 e. The van der Waals surface area contributed by atoms with Crippen LogP contribution in [0.5, 0.6) is 0 Å². The highest BCUT2D eigenvalue weighted by molar-refractivity contribution is 5.95. The molecule has 2 aliphatic rings. The normalized spacial score (nSPS) is 24.7. The Kier molecular flexibility index (Phi) is 3.59. The van der Waals surface area contributed by atoms with Gasteiger partial charge < -0.3 is 10.2 Å². The van der Waals surface area contributed by atoms with Crippen LogP contribution >= 0.6 is 0 Å². The number of nitro groups is 1. The Hall–Kier alpha value is -2.02. The molecule has 2 aliphatic heterocycles. The average Bonchev–Trinajstić information content (AvgIpc) is 2.93. The van der Waals surface area contributed by atoms with E-state index in [2.05, 4.69) is 5.32 Å². The minimum atomic E-state index is -0.759. The third kappa shape index (κ3) is 2.73. The van der Waals surface area contributed by atoms with Crippen molar-refractivity contribution in [3.8, 4) is 0 Å². The van der Waals surface area contributed by atoms with Crippen molar-refractivity contribution in [1.29, 1.82) is 0 Å². The number of amides is 1. The van der Waals surface area contributed by atoms with Gasteiger partial charge in [0.2, 0.25) is 0 Å². The lowest BCUT2D eigenvalue weighted by Gasteiger charge is -2.34. The highest BCUT2D eigenvalue weighted by Gasteiger charge is 2.35. The zero-order valence-corrected chi connectivity index (χ0v) is 11.4. The first kappa shape index (κ1) is 13.9. The van der Waals surface area contributed by atoms with Gasteiger partial charge in [0.1, 0.15) is 5.82 Å². The summed E-state index contributed by atoms with van der Waals surface area (Å²) in [5, 5.41) is 14.1. The van der Waals surface area contributed by atoms with E-state index in [4.69, 9.17) is 0 Å². The van der Waals surface area contributed by atoms with Gasteiger partial charge in [0.05, 0.1) is 11.0 Å². The van der Waals surface area contributed by atoms with Crippen LogP contribution in [0, 0.1) is 27.8 Å². The molecule has 2 fully saturated rings. The van der Waals surface area contributed by atoms with Crippen LogP contribution in [0.1, 0.15) is 16.8 Å². The third-order valence-corrected chi connectivity index (χ3v) is 4.33. The number of likely N-dealkylation sites (tertiary alicyclic amines) is 1. The molecule has 3 rings (SSSR count). The number of piperidine rings is 1. The molecule has 0 saturated carbocycles. The number of benzene rings is 1. The number of nitrogens with zero attached hydrogens (tertiary/aromatic N) is 2. The number of fused-ring (bicyclic) bond motifs is 1. The van der Waals surface area contributed by atoms with Crippen LogP contribution in [0.4, 0.5) is 10.1 Å². The van der Waals surface area contributed by atoms with E-state index in [1.54, 1.807) is 4.90 Å². The van der Waals surface area contributed by atoms with Crippen molar-refractivity contribution in [2.24, 2.45) is 11.8 Å². The van der Waals surface area contributed by atoms with Gasteiger partial charge in [-0.3, -0.25) is 14.9 Å². The molecule has 0 spiro atoms. The van der Waals surface area contributed by atoms with Crippen molar-refractivity contribution >= 4 is 11.6 Å². The lowest BCUT2D eigenvalue weighted by molar-refractivity contribution is -0.385. The zero-order valence-electron chi connectivity index (χ0n) is 11.4. The lowest BCUT2D eigenvalue weighted by atomic mass is 9.88. The Morgan fingerprint density at radius 1 is 1.33 bits per heavy atom. The first-order valence-corrected chi connectivity index (χ1v) is 6.99. The lowest BCUT2D eigenvalue weighted by Crippen LogP contribution is -2.43. The van der Waals surface area contributed by atoms with Gasteiger partial charge in [-0.2, -0.15) is 0 Å². The van der Waals surface area contributed by atoms with Crippen molar-refractivity contribution in [3.05, 3.63) is 39.7 Å². The number of carbonyl (C=O) groups excluding carboxylic acids is 1. The quantitative estimate of drug-likeness (QED) is 0.661. The molecule has 1 N–H and O–H groups in total. The number of non-ortho nitro benzene ring substituents is 1. The predicted octanol–water partition coefficient (Wildman–Crippen LogP) is 1.42. The van der Waals surface area contributed by atoms with Crippen molar-refractivity contribution in [2.45, 2.75) is 6.42 Å². The summed E-state index contributed by atoms with van der Waals surface area (Å²) in [5.74, 6) is -0.0740. The maximum atomic E-state index is 13.4. The number of hydrogen-bond donors (Lipinski definition) is 1. The highest BCUT2D eigenvalue weighted by atomic mass is 19.1. The molecule has 2 unspecified atom stereocenters. The topological polar surface area (TPSA) is 75.5 Å². The second kappa shape index (κ2) is 5.40. The van der Waals surface area contributed by atoms with Gasteiger partial charge in [0.15, 0.2) is 0 Å². The molecular formula is C14H16FN3O3. The third-order valence-electron chi connectivity index (χ3n) is 4.33. The van der Waals surface area contributed by atoms with Crippen LogP contribution in [0.3, 0.4) is 0 Å². The molecule has 21 heavy (non-hydrogen) atoms. The van der Waals surface area contributed by atoms with Crippen LogP contribution in [0.25, 0.3) is 0 Å².